The van der Waals surface area contributed by atoms with E-state index in [4.69, 9.17) is 4.74 Å². The molecule has 2 atom stereocenters. The Hall–Kier alpha value is -1.87. The van der Waals surface area contributed by atoms with E-state index < -0.39 is 11.9 Å². The van der Waals surface area contributed by atoms with Crippen LogP contribution in [0.4, 0.5) is 0 Å². The maximum absolute atomic E-state index is 12.3. The van der Waals surface area contributed by atoms with Gasteiger partial charge in [-0.25, -0.2) is 0 Å². The number of nitrogens with one attached hydrogen (secondary N) is 2. The van der Waals surface area contributed by atoms with Crippen molar-refractivity contribution >= 4 is 39.4 Å². The number of hydrogen-bond acceptors (Lipinski definition) is 7. The lowest BCUT2D eigenvalue weighted by Gasteiger charge is -2.21. The molecule has 0 aliphatic heterocycles. The lowest BCUT2D eigenvalue weighted by molar-refractivity contribution is -0.143. The standard InChI is InChI=1S/C19H28N2O5S2/c1-13(19(25)20-12-18(24)26-8-9-28-27-3)10-16(21-14(2)22)11-15-4-6-17(23)7-5-15/h4-7,13,16,23H,8-12H2,1-3H3,(H,20,25)(H,21,22)/t13-,16+/m0/s1. The fraction of sp³-hybridized carbons (Fsp3) is 0.526. The number of ether oxygens (including phenoxy) is 1. The van der Waals surface area contributed by atoms with Crippen LogP contribution in [0.25, 0.3) is 0 Å². The summed E-state index contributed by atoms with van der Waals surface area (Å²) in [5.74, 6) is -0.433. The highest BCUT2D eigenvalue weighted by Gasteiger charge is 2.21. The summed E-state index contributed by atoms with van der Waals surface area (Å²) in [4.78, 5) is 35.4. The average molecular weight is 429 g/mol. The van der Waals surface area contributed by atoms with E-state index >= 15 is 0 Å². The Kier molecular flexibility index (Phi) is 11.5. The third-order valence-corrected chi connectivity index (χ3v) is 5.64. The fourth-order valence-electron chi connectivity index (χ4n) is 2.59. The molecule has 156 valence electrons. The highest BCUT2D eigenvalue weighted by molar-refractivity contribution is 8.76. The lowest BCUT2D eigenvalue weighted by atomic mass is 9.95. The number of esters is 1. The first-order valence-electron chi connectivity index (χ1n) is 8.95. The first-order valence-corrected chi connectivity index (χ1v) is 11.7. The lowest BCUT2D eigenvalue weighted by Crippen LogP contribution is -2.40. The summed E-state index contributed by atoms with van der Waals surface area (Å²) in [6, 6.07) is 6.48. The van der Waals surface area contributed by atoms with Gasteiger partial charge in [0.2, 0.25) is 11.8 Å². The van der Waals surface area contributed by atoms with Crippen molar-refractivity contribution in [2.24, 2.45) is 5.92 Å². The minimum absolute atomic E-state index is 0.171. The molecule has 1 aromatic carbocycles. The average Bonchev–Trinajstić information content (AvgIpc) is 2.64. The van der Waals surface area contributed by atoms with Crippen LogP contribution in [0, 0.1) is 5.92 Å². The molecule has 0 fully saturated rings. The van der Waals surface area contributed by atoms with Crippen LogP contribution in [-0.2, 0) is 25.5 Å². The molecule has 0 spiro atoms. The molecule has 7 nitrogen and oxygen atoms in total. The molecule has 1 rings (SSSR count). The number of hydrogen-bond donors (Lipinski definition) is 3. The number of aromatic hydroxyl groups is 1. The van der Waals surface area contributed by atoms with Gasteiger partial charge in [0.05, 0.1) is 0 Å². The van der Waals surface area contributed by atoms with Gasteiger partial charge in [0.15, 0.2) is 0 Å². The highest BCUT2D eigenvalue weighted by atomic mass is 33.1. The summed E-state index contributed by atoms with van der Waals surface area (Å²) in [5, 5.41) is 14.8. The molecular weight excluding hydrogens is 400 g/mol. The van der Waals surface area contributed by atoms with Crippen LogP contribution in [0.5, 0.6) is 5.75 Å². The van der Waals surface area contributed by atoms with Crippen LogP contribution in [0.1, 0.15) is 25.8 Å². The molecule has 0 heterocycles. The van der Waals surface area contributed by atoms with Crippen LogP contribution in [0.15, 0.2) is 24.3 Å². The summed E-state index contributed by atoms with van der Waals surface area (Å²) < 4.78 is 5.03. The zero-order valence-electron chi connectivity index (χ0n) is 16.4. The summed E-state index contributed by atoms with van der Waals surface area (Å²) in [6.07, 6.45) is 2.91. The van der Waals surface area contributed by atoms with Gasteiger partial charge in [-0.05, 0) is 36.8 Å². The molecule has 0 aliphatic rings. The predicted molar refractivity (Wildman–Crippen MR) is 113 cm³/mol. The van der Waals surface area contributed by atoms with Gasteiger partial charge in [-0.2, -0.15) is 0 Å². The van der Waals surface area contributed by atoms with Gasteiger partial charge in [-0.15, -0.1) is 0 Å². The highest BCUT2D eigenvalue weighted by Crippen LogP contribution is 2.16. The summed E-state index contributed by atoms with van der Waals surface area (Å²) in [7, 11) is 3.20. The summed E-state index contributed by atoms with van der Waals surface area (Å²) >= 11 is 0. The molecule has 0 aliphatic carbocycles. The maximum Gasteiger partial charge on any atom is 0.325 e. The van der Waals surface area contributed by atoms with Crippen molar-refractivity contribution in [3.8, 4) is 5.75 Å². The van der Waals surface area contributed by atoms with Crippen molar-refractivity contribution < 1.29 is 24.2 Å². The van der Waals surface area contributed by atoms with Crippen LogP contribution < -0.4 is 10.6 Å². The van der Waals surface area contributed by atoms with Gasteiger partial charge in [0, 0.05) is 24.6 Å². The van der Waals surface area contributed by atoms with Crippen molar-refractivity contribution in [2.45, 2.75) is 32.7 Å². The fourth-order valence-corrected chi connectivity index (χ4v) is 3.61. The summed E-state index contributed by atoms with van der Waals surface area (Å²) in [5.41, 5.74) is 0.941. The Balaban J connectivity index is 2.48. The second-order valence-electron chi connectivity index (χ2n) is 6.33. The van der Waals surface area contributed by atoms with Gasteiger partial charge >= 0.3 is 5.97 Å². The first-order chi connectivity index (χ1) is 13.3. The van der Waals surface area contributed by atoms with E-state index in [1.165, 1.54) is 6.92 Å². The summed E-state index contributed by atoms with van der Waals surface area (Å²) in [6.45, 7) is 3.32. The van der Waals surface area contributed by atoms with E-state index in [1.807, 2.05) is 6.26 Å². The zero-order chi connectivity index (χ0) is 20.9. The quantitative estimate of drug-likeness (QED) is 0.266. The van der Waals surface area contributed by atoms with Crippen LogP contribution >= 0.6 is 21.6 Å². The van der Waals surface area contributed by atoms with Crippen molar-refractivity contribution in [1.29, 1.82) is 0 Å². The predicted octanol–water partition coefficient (Wildman–Crippen LogP) is 2.14. The number of rotatable bonds is 12. The van der Waals surface area contributed by atoms with Crippen LogP contribution in [0.3, 0.4) is 0 Å². The van der Waals surface area contributed by atoms with Gasteiger partial charge in [0.25, 0.3) is 0 Å². The Bertz CT molecular complexity index is 640. The molecule has 0 saturated heterocycles. The number of amides is 2. The largest absolute Gasteiger partial charge is 0.508 e. The third kappa shape index (κ3) is 10.5. The molecule has 2 amide bonds. The zero-order valence-corrected chi connectivity index (χ0v) is 18.0. The van der Waals surface area contributed by atoms with Gasteiger partial charge < -0.3 is 20.5 Å². The Morgan fingerprint density at radius 3 is 2.50 bits per heavy atom. The first kappa shape index (κ1) is 24.2. The number of carbonyl (C=O) groups is 3. The monoisotopic (exact) mass is 428 g/mol. The second kappa shape index (κ2) is 13.3. The van der Waals surface area contributed by atoms with Crippen molar-refractivity contribution in [3.63, 3.8) is 0 Å². The molecule has 0 radical (unpaired) electrons. The third-order valence-electron chi connectivity index (χ3n) is 3.87. The van der Waals surface area contributed by atoms with Crippen molar-refractivity contribution in [3.05, 3.63) is 29.8 Å². The molecule has 3 N–H and O–H groups in total. The number of phenols is 1. The smallest absolute Gasteiger partial charge is 0.325 e. The normalized spacial score (nSPS) is 12.7. The molecule has 28 heavy (non-hydrogen) atoms. The molecule has 0 aromatic heterocycles. The molecule has 0 bridgehead atoms. The second-order valence-corrected chi connectivity index (χ2v) is 9.02. The van der Waals surface area contributed by atoms with Crippen molar-refractivity contribution in [2.75, 3.05) is 25.2 Å². The van der Waals surface area contributed by atoms with E-state index in [2.05, 4.69) is 10.6 Å². The molecule has 0 unspecified atom stereocenters. The van der Waals surface area contributed by atoms with E-state index in [-0.39, 0.29) is 30.2 Å². The SMILES string of the molecule is CSSCCOC(=O)CNC(=O)[C@@H](C)C[C@H](Cc1ccc(O)cc1)NC(C)=O. The number of carbonyl (C=O) groups excluding carboxylic acids is 3. The van der Waals surface area contributed by atoms with Gasteiger partial charge in [0.1, 0.15) is 18.9 Å². The maximum atomic E-state index is 12.3. The molecule has 0 saturated carbocycles. The Morgan fingerprint density at radius 2 is 1.89 bits per heavy atom. The van der Waals surface area contributed by atoms with E-state index in [0.29, 0.717) is 25.2 Å². The van der Waals surface area contributed by atoms with E-state index in [0.717, 1.165) is 5.56 Å². The molecular formula is C19H28N2O5S2. The van der Waals surface area contributed by atoms with Crippen LogP contribution in [0.2, 0.25) is 0 Å². The number of phenolic OH excluding ortho intramolecular Hbond substituents is 1. The topological polar surface area (TPSA) is 105 Å². The Morgan fingerprint density at radius 1 is 1.21 bits per heavy atom. The van der Waals surface area contributed by atoms with Gasteiger partial charge in [-0.3, -0.25) is 14.4 Å². The minimum atomic E-state index is -0.468. The van der Waals surface area contributed by atoms with E-state index in [1.54, 1.807) is 52.8 Å². The van der Waals surface area contributed by atoms with E-state index in [9.17, 15) is 19.5 Å². The number of benzene rings is 1. The van der Waals surface area contributed by atoms with Crippen molar-refractivity contribution in [1.82, 2.24) is 10.6 Å². The molecule has 9 heteroatoms. The van der Waals surface area contributed by atoms with Gasteiger partial charge in [-0.1, -0.05) is 40.6 Å². The minimum Gasteiger partial charge on any atom is -0.508 e. The Labute approximate surface area is 173 Å². The van der Waals surface area contributed by atoms with Crippen LogP contribution in [-0.4, -0.2) is 54.1 Å². The molecule has 1 aromatic rings.